The molecule has 1 aromatic rings. The van der Waals surface area contributed by atoms with Crippen LogP contribution in [-0.4, -0.2) is 53.3 Å². The minimum atomic E-state index is -1.15. The zero-order valence-electron chi connectivity index (χ0n) is 16.7. The maximum Gasteiger partial charge on any atom is 0.270 e. The SMILES string of the molecule is COc1ccc2c(c1)[C@]1(C=C3C(=O)N4CCCC4C(=O)N3[C@H]1C=C(C)C)C(=O)N2. The monoisotopic (exact) mass is 393 g/mol. The first-order chi connectivity index (χ1) is 13.9. The molecule has 2 fully saturated rings. The average molecular weight is 393 g/mol. The lowest BCUT2D eigenvalue weighted by Gasteiger charge is -2.40. The summed E-state index contributed by atoms with van der Waals surface area (Å²) in [7, 11) is 1.57. The Bertz CT molecular complexity index is 1020. The second-order valence-corrected chi connectivity index (χ2v) is 8.32. The maximum absolute atomic E-state index is 13.4. The molecule has 1 N–H and O–H groups in total. The summed E-state index contributed by atoms with van der Waals surface area (Å²) < 4.78 is 5.38. The summed E-state index contributed by atoms with van der Waals surface area (Å²) >= 11 is 0. The summed E-state index contributed by atoms with van der Waals surface area (Å²) in [6, 6.07) is 4.39. The van der Waals surface area contributed by atoms with Crippen LogP contribution in [0.3, 0.4) is 0 Å². The van der Waals surface area contributed by atoms with Crippen molar-refractivity contribution in [2.24, 2.45) is 0 Å². The molecule has 0 aromatic heterocycles. The van der Waals surface area contributed by atoms with Crippen LogP contribution in [0.25, 0.3) is 0 Å². The molecule has 5 rings (SSSR count). The Kier molecular flexibility index (Phi) is 3.69. The number of amides is 3. The number of nitrogens with one attached hydrogen (secondary N) is 1. The first-order valence-electron chi connectivity index (χ1n) is 9.90. The number of nitrogens with zero attached hydrogens (tertiary/aromatic N) is 2. The number of anilines is 1. The van der Waals surface area contributed by atoms with Gasteiger partial charge in [-0.2, -0.15) is 0 Å². The number of carbonyl (C=O) groups excluding carboxylic acids is 3. The molecule has 3 amide bonds. The standard InChI is InChI=1S/C22H23N3O4/c1-12(2)9-18-22(14-10-13(29-3)6-7-15(14)23-21(22)28)11-17-19(26)24-8-4-5-16(24)20(27)25(17)18/h6-7,9-11,16,18H,4-5,8H2,1-3H3,(H,23,28)/t16?,18-,22-/m0/s1. The molecule has 1 spiro atoms. The zero-order valence-corrected chi connectivity index (χ0v) is 16.7. The Morgan fingerprint density at radius 1 is 1.28 bits per heavy atom. The summed E-state index contributed by atoms with van der Waals surface area (Å²) in [4.78, 5) is 43.2. The molecule has 1 aromatic carbocycles. The van der Waals surface area contributed by atoms with E-state index < -0.39 is 17.5 Å². The summed E-state index contributed by atoms with van der Waals surface area (Å²) in [6.07, 6.45) is 5.11. The molecule has 150 valence electrons. The Balaban J connectivity index is 1.75. The van der Waals surface area contributed by atoms with Crippen LogP contribution in [0.15, 0.2) is 41.6 Å². The quantitative estimate of drug-likeness (QED) is 0.779. The van der Waals surface area contributed by atoms with E-state index in [-0.39, 0.29) is 17.7 Å². The van der Waals surface area contributed by atoms with Crippen molar-refractivity contribution < 1.29 is 19.1 Å². The molecular formula is C22H23N3O4. The van der Waals surface area contributed by atoms with Crippen molar-refractivity contribution in [2.75, 3.05) is 19.0 Å². The average Bonchev–Trinajstić information content (AvgIpc) is 3.37. The third kappa shape index (κ3) is 2.21. The molecule has 7 heteroatoms. The lowest BCUT2D eigenvalue weighted by atomic mass is 9.75. The Hall–Kier alpha value is -3.09. The van der Waals surface area contributed by atoms with Gasteiger partial charge in [-0.05, 0) is 51.0 Å². The summed E-state index contributed by atoms with van der Waals surface area (Å²) in [5.41, 5.74) is 1.54. The Morgan fingerprint density at radius 3 is 2.79 bits per heavy atom. The van der Waals surface area contributed by atoms with E-state index in [1.807, 2.05) is 26.0 Å². The number of allylic oxidation sites excluding steroid dienone is 1. The number of fused-ring (bicyclic) bond motifs is 4. The predicted octanol–water partition coefficient (Wildman–Crippen LogP) is 1.95. The van der Waals surface area contributed by atoms with E-state index in [0.29, 0.717) is 30.1 Å². The highest BCUT2D eigenvalue weighted by molar-refractivity contribution is 6.14. The van der Waals surface area contributed by atoms with Crippen LogP contribution < -0.4 is 10.1 Å². The lowest BCUT2D eigenvalue weighted by molar-refractivity contribution is -0.149. The molecule has 1 unspecified atom stereocenters. The summed E-state index contributed by atoms with van der Waals surface area (Å²) in [5, 5.41) is 2.94. The van der Waals surface area contributed by atoms with Gasteiger partial charge < -0.3 is 15.0 Å². The smallest absolute Gasteiger partial charge is 0.270 e. The van der Waals surface area contributed by atoms with E-state index in [1.54, 1.807) is 35.1 Å². The highest BCUT2D eigenvalue weighted by Gasteiger charge is 2.62. The second kappa shape index (κ2) is 5.95. The van der Waals surface area contributed by atoms with Crippen LogP contribution in [0.2, 0.25) is 0 Å². The molecule has 4 heterocycles. The van der Waals surface area contributed by atoms with Gasteiger partial charge in [-0.25, -0.2) is 0 Å². The van der Waals surface area contributed by atoms with Gasteiger partial charge in [-0.1, -0.05) is 11.6 Å². The molecule has 4 aliphatic rings. The molecule has 2 saturated heterocycles. The van der Waals surface area contributed by atoms with Crippen molar-refractivity contribution in [3.8, 4) is 5.75 Å². The topological polar surface area (TPSA) is 79.0 Å². The van der Waals surface area contributed by atoms with Crippen molar-refractivity contribution >= 4 is 23.4 Å². The van der Waals surface area contributed by atoms with E-state index >= 15 is 0 Å². The van der Waals surface area contributed by atoms with Gasteiger partial charge in [0.05, 0.1) is 13.2 Å². The van der Waals surface area contributed by atoms with Gasteiger partial charge in [-0.3, -0.25) is 19.3 Å². The third-order valence-electron chi connectivity index (χ3n) is 6.41. The first-order valence-corrected chi connectivity index (χ1v) is 9.90. The number of ether oxygens (including phenoxy) is 1. The molecule has 7 nitrogen and oxygen atoms in total. The van der Waals surface area contributed by atoms with Crippen molar-refractivity contribution in [1.29, 1.82) is 0 Å². The van der Waals surface area contributed by atoms with Gasteiger partial charge in [0.2, 0.25) is 5.91 Å². The third-order valence-corrected chi connectivity index (χ3v) is 6.41. The number of benzene rings is 1. The number of methoxy groups -OCH3 is 1. The summed E-state index contributed by atoms with van der Waals surface area (Å²) in [5.74, 6) is 0.125. The largest absolute Gasteiger partial charge is 0.497 e. The second-order valence-electron chi connectivity index (χ2n) is 8.32. The molecular weight excluding hydrogens is 370 g/mol. The maximum atomic E-state index is 13.4. The zero-order chi connectivity index (χ0) is 20.5. The highest BCUT2D eigenvalue weighted by atomic mass is 16.5. The van der Waals surface area contributed by atoms with Gasteiger partial charge in [-0.15, -0.1) is 0 Å². The van der Waals surface area contributed by atoms with Crippen LogP contribution in [0.4, 0.5) is 5.69 Å². The van der Waals surface area contributed by atoms with Crippen molar-refractivity contribution in [2.45, 2.75) is 44.2 Å². The molecule has 29 heavy (non-hydrogen) atoms. The molecule has 0 saturated carbocycles. The normalized spacial score (nSPS) is 29.5. The molecule has 3 atom stereocenters. The number of hydrogen-bond acceptors (Lipinski definition) is 4. The van der Waals surface area contributed by atoms with Gasteiger partial charge in [0.25, 0.3) is 11.8 Å². The minimum absolute atomic E-state index is 0.100. The predicted molar refractivity (Wildman–Crippen MR) is 106 cm³/mol. The van der Waals surface area contributed by atoms with E-state index in [0.717, 1.165) is 17.6 Å². The fourth-order valence-corrected chi connectivity index (χ4v) is 5.13. The van der Waals surface area contributed by atoms with Crippen molar-refractivity contribution in [1.82, 2.24) is 9.80 Å². The highest BCUT2D eigenvalue weighted by Crippen LogP contribution is 2.51. The van der Waals surface area contributed by atoms with Crippen LogP contribution in [-0.2, 0) is 19.8 Å². The Morgan fingerprint density at radius 2 is 2.07 bits per heavy atom. The van der Waals surface area contributed by atoms with Crippen LogP contribution in [0.5, 0.6) is 5.75 Å². The van der Waals surface area contributed by atoms with E-state index in [1.165, 1.54) is 0 Å². The van der Waals surface area contributed by atoms with Gasteiger partial charge >= 0.3 is 0 Å². The minimum Gasteiger partial charge on any atom is -0.497 e. The molecule has 4 aliphatic heterocycles. The number of rotatable bonds is 2. The molecule has 0 bridgehead atoms. The molecule has 0 radical (unpaired) electrons. The lowest BCUT2D eigenvalue weighted by Crippen LogP contribution is -2.59. The van der Waals surface area contributed by atoms with E-state index in [4.69, 9.17) is 4.74 Å². The fraction of sp³-hybridized carbons (Fsp3) is 0.409. The van der Waals surface area contributed by atoms with Gasteiger partial charge in [0.1, 0.15) is 22.9 Å². The van der Waals surface area contributed by atoms with Gasteiger partial charge in [0.15, 0.2) is 0 Å². The van der Waals surface area contributed by atoms with Crippen LogP contribution in [0, 0.1) is 0 Å². The first kappa shape index (κ1) is 18.0. The van der Waals surface area contributed by atoms with E-state index in [9.17, 15) is 14.4 Å². The Labute approximate surface area is 169 Å². The van der Waals surface area contributed by atoms with Crippen LogP contribution in [0.1, 0.15) is 32.3 Å². The van der Waals surface area contributed by atoms with E-state index in [2.05, 4.69) is 5.32 Å². The van der Waals surface area contributed by atoms with Crippen molar-refractivity contribution in [3.63, 3.8) is 0 Å². The molecule has 0 aliphatic carbocycles. The summed E-state index contributed by atoms with van der Waals surface area (Å²) in [6.45, 7) is 4.45. The van der Waals surface area contributed by atoms with Crippen molar-refractivity contribution in [3.05, 3.63) is 47.2 Å². The number of hydrogen-bond donors (Lipinski definition) is 1. The van der Waals surface area contributed by atoms with Gasteiger partial charge in [0, 0.05) is 17.8 Å². The number of carbonyl (C=O) groups is 3. The number of piperazine rings is 1. The fourth-order valence-electron chi connectivity index (χ4n) is 5.13. The van der Waals surface area contributed by atoms with Crippen LogP contribution >= 0.6 is 0 Å².